The zero-order valence-corrected chi connectivity index (χ0v) is 11.7. The molecule has 0 aliphatic carbocycles. The number of benzene rings is 1. The van der Waals surface area contributed by atoms with E-state index in [0.29, 0.717) is 31.3 Å². The van der Waals surface area contributed by atoms with Crippen LogP contribution >= 0.6 is 0 Å². The first kappa shape index (κ1) is 14.6. The predicted molar refractivity (Wildman–Crippen MR) is 75.2 cm³/mol. The van der Waals surface area contributed by atoms with E-state index in [1.165, 1.54) is 0 Å². The number of anilines is 1. The average Bonchev–Trinajstić information content (AvgIpc) is 2.86. The Morgan fingerprint density at radius 3 is 3.05 bits per heavy atom. The standard InChI is InChI=1S/C14H20N2O4/c1-3-20-13-9-19-8-12(13)16-14(17)15-10-5-4-6-11(7-10)18-2/h4-7,12-13H,3,8-9H2,1-2H3,(H2,15,16,17)/t12-,13-/m0/s1. The third-order valence-corrected chi connectivity index (χ3v) is 3.05. The van der Waals surface area contributed by atoms with Gasteiger partial charge in [0.2, 0.25) is 0 Å². The molecule has 1 saturated heterocycles. The van der Waals surface area contributed by atoms with Crippen molar-refractivity contribution in [1.29, 1.82) is 0 Å². The summed E-state index contributed by atoms with van der Waals surface area (Å²) >= 11 is 0. The molecule has 0 bridgehead atoms. The molecule has 0 spiro atoms. The second-order valence-electron chi connectivity index (χ2n) is 4.47. The largest absolute Gasteiger partial charge is 0.497 e. The Balaban J connectivity index is 1.88. The van der Waals surface area contributed by atoms with Gasteiger partial charge in [0.25, 0.3) is 0 Å². The van der Waals surface area contributed by atoms with E-state index >= 15 is 0 Å². The first-order valence-corrected chi connectivity index (χ1v) is 6.64. The van der Waals surface area contributed by atoms with Crippen LogP contribution in [0.5, 0.6) is 5.75 Å². The first-order chi connectivity index (χ1) is 9.72. The van der Waals surface area contributed by atoms with Crippen molar-refractivity contribution in [2.75, 3.05) is 32.2 Å². The SMILES string of the molecule is CCO[C@H]1COC[C@@H]1NC(=O)Nc1cccc(OC)c1. The number of carbonyl (C=O) groups excluding carboxylic acids is 1. The molecule has 0 aromatic heterocycles. The number of carbonyl (C=O) groups is 1. The number of urea groups is 1. The van der Waals surface area contributed by atoms with Crippen LogP contribution in [-0.4, -0.2) is 45.1 Å². The van der Waals surface area contributed by atoms with E-state index in [1.54, 1.807) is 19.2 Å². The Hall–Kier alpha value is -1.79. The molecule has 1 fully saturated rings. The average molecular weight is 280 g/mol. The fourth-order valence-corrected chi connectivity index (χ4v) is 2.08. The van der Waals surface area contributed by atoms with Crippen LogP contribution in [-0.2, 0) is 9.47 Å². The summed E-state index contributed by atoms with van der Waals surface area (Å²) in [6.07, 6.45) is -0.0870. The number of ether oxygens (including phenoxy) is 3. The maximum Gasteiger partial charge on any atom is 0.319 e. The van der Waals surface area contributed by atoms with E-state index in [0.717, 1.165) is 0 Å². The van der Waals surface area contributed by atoms with E-state index in [-0.39, 0.29) is 18.2 Å². The molecule has 6 nitrogen and oxygen atoms in total. The molecule has 2 amide bonds. The van der Waals surface area contributed by atoms with Crippen LogP contribution < -0.4 is 15.4 Å². The molecular formula is C14H20N2O4. The summed E-state index contributed by atoms with van der Waals surface area (Å²) in [5.74, 6) is 0.694. The summed E-state index contributed by atoms with van der Waals surface area (Å²) in [5, 5.41) is 5.62. The lowest BCUT2D eigenvalue weighted by molar-refractivity contribution is 0.0428. The van der Waals surface area contributed by atoms with Gasteiger partial charge in [0, 0.05) is 18.4 Å². The Kier molecular flexibility index (Phi) is 5.20. The third kappa shape index (κ3) is 3.85. The lowest BCUT2D eigenvalue weighted by Crippen LogP contribution is -2.45. The van der Waals surface area contributed by atoms with Crippen molar-refractivity contribution in [3.8, 4) is 5.75 Å². The van der Waals surface area contributed by atoms with Crippen molar-refractivity contribution >= 4 is 11.7 Å². The summed E-state index contributed by atoms with van der Waals surface area (Å²) in [5.41, 5.74) is 0.675. The molecule has 0 saturated carbocycles. The molecule has 1 heterocycles. The van der Waals surface area contributed by atoms with Crippen LogP contribution in [0.2, 0.25) is 0 Å². The Morgan fingerprint density at radius 2 is 2.30 bits per heavy atom. The van der Waals surface area contributed by atoms with Crippen LogP contribution in [0.15, 0.2) is 24.3 Å². The minimum absolute atomic E-state index is 0.0870. The van der Waals surface area contributed by atoms with Crippen molar-refractivity contribution in [2.24, 2.45) is 0 Å². The smallest absolute Gasteiger partial charge is 0.319 e. The van der Waals surface area contributed by atoms with Gasteiger partial charge in [0.15, 0.2) is 0 Å². The molecule has 1 aliphatic heterocycles. The number of hydrogen-bond donors (Lipinski definition) is 2. The van der Waals surface area contributed by atoms with Gasteiger partial charge in [-0.3, -0.25) is 0 Å². The number of amides is 2. The molecule has 0 radical (unpaired) electrons. The van der Waals surface area contributed by atoms with Crippen molar-refractivity contribution < 1.29 is 19.0 Å². The highest BCUT2D eigenvalue weighted by molar-refractivity contribution is 5.89. The molecule has 6 heteroatoms. The van der Waals surface area contributed by atoms with Gasteiger partial charge in [-0.1, -0.05) is 6.07 Å². The molecule has 2 atom stereocenters. The fraction of sp³-hybridized carbons (Fsp3) is 0.500. The van der Waals surface area contributed by atoms with E-state index in [9.17, 15) is 4.79 Å². The van der Waals surface area contributed by atoms with Gasteiger partial charge in [-0.2, -0.15) is 0 Å². The van der Waals surface area contributed by atoms with E-state index in [2.05, 4.69) is 10.6 Å². The van der Waals surface area contributed by atoms with Crippen LogP contribution in [0.25, 0.3) is 0 Å². The molecule has 1 aromatic rings. The van der Waals surface area contributed by atoms with Gasteiger partial charge in [0.1, 0.15) is 11.9 Å². The Bertz CT molecular complexity index is 453. The second kappa shape index (κ2) is 7.12. The quantitative estimate of drug-likeness (QED) is 0.860. The molecule has 20 heavy (non-hydrogen) atoms. The highest BCUT2D eigenvalue weighted by Crippen LogP contribution is 2.17. The Morgan fingerprint density at radius 1 is 1.45 bits per heavy atom. The van der Waals surface area contributed by atoms with Crippen LogP contribution in [0.3, 0.4) is 0 Å². The number of nitrogens with one attached hydrogen (secondary N) is 2. The van der Waals surface area contributed by atoms with E-state index in [4.69, 9.17) is 14.2 Å². The van der Waals surface area contributed by atoms with Crippen molar-refractivity contribution in [3.05, 3.63) is 24.3 Å². The van der Waals surface area contributed by atoms with Gasteiger partial charge in [-0.15, -0.1) is 0 Å². The molecule has 1 aromatic carbocycles. The highest BCUT2D eigenvalue weighted by atomic mass is 16.5. The predicted octanol–water partition coefficient (Wildman–Crippen LogP) is 1.62. The van der Waals surface area contributed by atoms with Crippen molar-refractivity contribution in [1.82, 2.24) is 5.32 Å². The minimum atomic E-state index is -0.279. The molecule has 2 rings (SSSR count). The third-order valence-electron chi connectivity index (χ3n) is 3.05. The molecule has 110 valence electrons. The first-order valence-electron chi connectivity index (χ1n) is 6.64. The normalized spacial score (nSPS) is 21.5. The summed E-state index contributed by atoms with van der Waals surface area (Å²) < 4.78 is 15.9. The monoisotopic (exact) mass is 280 g/mol. The van der Waals surface area contributed by atoms with E-state index in [1.807, 2.05) is 19.1 Å². The lowest BCUT2D eigenvalue weighted by Gasteiger charge is -2.19. The van der Waals surface area contributed by atoms with Gasteiger partial charge < -0.3 is 24.8 Å². The second-order valence-corrected chi connectivity index (χ2v) is 4.47. The van der Waals surface area contributed by atoms with Gasteiger partial charge in [-0.25, -0.2) is 4.79 Å². The maximum absolute atomic E-state index is 11.9. The number of hydrogen-bond acceptors (Lipinski definition) is 4. The fourth-order valence-electron chi connectivity index (χ4n) is 2.08. The van der Waals surface area contributed by atoms with Crippen molar-refractivity contribution in [2.45, 2.75) is 19.1 Å². The van der Waals surface area contributed by atoms with Crippen molar-refractivity contribution in [3.63, 3.8) is 0 Å². The topological polar surface area (TPSA) is 68.8 Å². The molecule has 0 unspecified atom stereocenters. The van der Waals surface area contributed by atoms with Crippen LogP contribution in [0, 0.1) is 0 Å². The minimum Gasteiger partial charge on any atom is -0.497 e. The summed E-state index contributed by atoms with van der Waals surface area (Å²) in [7, 11) is 1.59. The summed E-state index contributed by atoms with van der Waals surface area (Å²) in [6, 6.07) is 6.78. The zero-order chi connectivity index (χ0) is 14.4. The van der Waals surface area contributed by atoms with Gasteiger partial charge in [-0.05, 0) is 19.1 Å². The number of rotatable bonds is 5. The zero-order valence-electron chi connectivity index (χ0n) is 11.7. The van der Waals surface area contributed by atoms with Crippen LogP contribution in [0.1, 0.15) is 6.92 Å². The van der Waals surface area contributed by atoms with Gasteiger partial charge in [0.05, 0.1) is 26.4 Å². The summed E-state index contributed by atoms with van der Waals surface area (Å²) in [4.78, 5) is 11.9. The maximum atomic E-state index is 11.9. The van der Waals surface area contributed by atoms with Crippen LogP contribution in [0.4, 0.5) is 10.5 Å². The van der Waals surface area contributed by atoms with E-state index < -0.39 is 0 Å². The molecule has 2 N–H and O–H groups in total. The lowest BCUT2D eigenvalue weighted by atomic mass is 10.2. The molecule has 1 aliphatic rings. The Labute approximate surface area is 118 Å². The summed E-state index contributed by atoms with van der Waals surface area (Å²) in [6.45, 7) is 3.50. The highest BCUT2D eigenvalue weighted by Gasteiger charge is 2.29. The number of methoxy groups -OCH3 is 1. The van der Waals surface area contributed by atoms with Gasteiger partial charge >= 0.3 is 6.03 Å². The molecular weight excluding hydrogens is 260 g/mol.